The quantitative estimate of drug-likeness (QED) is 0.789. The molecule has 0 saturated heterocycles. The van der Waals surface area contributed by atoms with Crippen molar-refractivity contribution < 1.29 is 13.9 Å². The number of carbonyl (C=O) groups is 1. The van der Waals surface area contributed by atoms with E-state index >= 15 is 0 Å². The second kappa shape index (κ2) is 5.85. The topological polar surface area (TPSA) is 26.3 Å². The lowest BCUT2D eigenvalue weighted by Gasteiger charge is -2.07. The predicted octanol–water partition coefficient (Wildman–Crippen LogP) is 4.05. The van der Waals surface area contributed by atoms with Crippen molar-refractivity contribution in [1.29, 1.82) is 0 Å². The fourth-order valence-electron chi connectivity index (χ4n) is 1.62. The van der Waals surface area contributed by atoms with Crippen LogP contribution in [0.15, 0.2) is 42.5 Å². The van der Waals surface area contributed by atoms with Crippen molar-refractivity contribution in [3.05, 3.63) is 64.4 Å². The summed E-state index contributed by atoms with van der Waals surface area (Å²) in [5.41, 5.74) is 0.894. The predicted molar refractivity (Wildman–Crippen MR) is 72.4 cm³/mol. The highest BCUT2D eigenvalue weighted by Crippen LogP contribution is 2.21. The normalized spacial score (nSPS) is 10.3. The van der Waals surface area contributed by atoms with Gasteiger partial charge in [-0.25, -0.2) is 4.39 Å². The van der Waals surface area contributed by atoms with Gasteiger partial charge in [-0.15, -0.1) is 0 Å². The molecule has 98 valence electrons. The maximum Gasteiger partial charge on any atom is 0.203 e. The third-order valence-corrected chi connectivity index (χ3v) is 3.10. The molecule has 0 aromatic heterocycles. The van der Waals surface area contributed by atoms with Gasteiger partial charge in [0, 0.05) is 5.02 Å². The van der Waals surface area contributed by atoms with Crippen LogP contribution < -0.4 is 4.74 Å². The molecule has 4 heteroatoms. The number of ether oxygens (including phenoxy) is 1. The van der Waals surface area contributed by atoms with Crippen LogP contribution in [0.25, 0.3) is 0 Å². The zero-order chi connectivity index (χ0) is 13.8. The number of aryl methyl sites for hydroxylation is 1. The van der Waals surface area contributed by atoms with E-state index in [9.17, 15) is 9.18 Å². The van der Waals surface area contributed by atoms with E-state index in [0.717, 1.165) is 5.56 Å². The molecule has 0 heterocycles. The molecule has 0 spiro atoms. The molecule has 0 bridgehead atoms. The largest absolute Gasteiger partial charge is 0.485 e. The molecule has 0 radical (unpaired) electrons. The zero-order valence-electron chi connectivity index (χ0n) is 10.3. The summed E-state index contributed by atoms with van der Waals surface area (Å²) in [5.74, 6) is -0.402. The van der Waals surface area contributed by atoms with Crippen LogP contribution in [0, 0.1) is 12.7 Å². The second-order valence-corrected chi connectivity index (χ2v) is 4.51. The van der Waals surface area contributed by atoms with Crippen LogP contribution >= 0.6 is 11.6 Å². The molecule has 0 amide bonds. The molecule has 2 nitrogen and oxygen atoms in total. The maximum atomic E-state index is 13.4. The smallest absolute Gasteiger partial charge is 0.203 e. The van der Waals surface area contributed by atoms with Gasteiger partial charge in [-0.2, -0.15) is 0 Å². The summed E-state index contributed by atoms with van der Waals surface area (Å²) < 4.78 is 18.7. The Morgan fingerprint density at radius 1 is 1.26 bits per heavy atom. The van der Waals surface area contributed by atoms with Gasteiger partial charge in [-0.3, -0.25) is 4.79 Å². The Kier molecular flexibility index (Phi) is 4.17. The van der Waals surface area contributed by atoms with Crippen molar-refractivity contribution in [3.63, 3.8) is 0 Å². The number of ketones is 1. The molecule has 2 aromatic rings. The van der Waals surface area contributed by atoms with E-state index in [1.54, 1.807) is 24.3 Å². The molecule has 0 aliphatic heterocycles. The highest BCUT2D eigenvalue weighted by Gasteiger charge is 2.11. The molecule has 19 heavy (non-hydrogen) atoms. The molecule has 0 saturated carbocycles. The Morgan fingerprint density at radius 3 is 2.68 bits per heavy atom. The minimum Gasteiger partial charge on any atom is -0.485 e. The van der Waals surface area contributed by atoms with Crippen molar-refractivity contribution in [2.75, 3.05) is 6.61 Å². The summed E-state index contributed by atoms with van der Waals surface area (Å²) in [5, 5.41) is 0.632. The first kappa shape index (κ1) is 13.6. The summed E-state index contributed by atoms with van der Waals surface area (Å²) >= 11 is 5.89. The van der Waals surface area contributed by atoms with Crippen LogP contribution in [0.5, 0.6) is 5.75 Å². The van der Waals surface area contributed by atoms with Crippen molar-refractivity contribution in [1.82, 2.24) is 0 Å². The van der Waals surface area contributed by atoms with Crippen LogP contribution in [-0.2, 0) is 0 Å². The van der Waals surface area contributed by atoms with Crippen molar-refractivity contribution in [2.45, 2.75) is 6.92 Å². The summed E-state index contributed by atoms with van der Waals surface area (Å²) in [7, 11) is 0. The molecule has 0 unspecified atom stereocenters. The van der Waals surface area contributed by atoms with Crippen LogP contribution in [0.1, 0.15) is 15.9 Å². The summed E-state index contributed by atoms with van der Waals surface area (Å²) in [6.07, 6.45) is 0. The van der Waals surface area contributed by atoms with Gasteiger partial charge in [0.2, 0.25) is 5.78 Å². The molecule has 0 aliphatic carbocycles. The fraction of sp³-hybridized carbons (Fsp3) is 0.133. The monoisotopic (exact) mass is 278 g/mol. The van der Waals surface area contributed by atoms with Gasteiger partial charge in [0.15, 0.2) is 6.61 Å². The van der Waals surface area contributed by atoms with Gasteiger partial charge in [0.1, 0.15) is 11.6 Å². The lowest BCUT2D eigenvalue weighted by atomic mass is 10.1. The van der Waals surface area contributed by atoms with Gasteiger partial charge in [0.25, 0.3) is 0 Å². The average molecular weight is 279 g/mol. The highest BCUT2D eigenvalue weighted by molar-refractivity contribution is 6.31. The molecule has 2 aromatic carbocycles. The van der Waals surface area contributed by atoms with Gasteiger partial charge < -0.3 is 4.74 Å². The number of rotatable bonds is 4. The number of benzene rings is 2. The standard InChI is InChI=1S/C15H12ClFO2/c1-10-8-11(6-7-13(10)16)19-9-15(18)12-4-2-3-5-14(12)17/h2-8H,9H2,1H3. The van der Waals surface area contributed by atoms with Crippen LogP contribution in [0.4, 0.5) is 4.39 Å². The van der Waals surface area contributed by atoms with Crippen LogP contribution in [0.3, 0.4) is 0 Å². The van der Waals surface area contributed by atoms with E-state index < -0.39 is 11.6 Å². The van der Waals surface area contributed by atoms with Gasteiger partial charge in [0.05, 0.1) is 5.56 Å². The fourth-order valence-corrected chi connectivity index (χ4v) is 1.74. The van der Waals surface area contributed by atoms with E-state index in [2.05, 4.69) is 0 Å². The van der Waals surface area contributed by atoms with E-state index in [4.69, 9.17) is 16.3 Å². The Labute approximate surface area is 115 Å². The average Bonchev–Trinajstić information content (AvgIpc) is 2.40. The van der Waals surface area contributed by atoms with Crippen molar-refractivity contribution in [2.24, 2.45) is 0 Å². The SMILES string of the molecule is Cc1cc(OCC(=O)c2ccccc2F)ccc1Cl. The summed E-state index contributed by atoms with van der Waals surface area (Å²) in [6, 6.07) is 10.9. The Balaban J connectivity index is 2.04. The van der Waals surface area contributed by atoms with Gasteiger partial charge in [-0.1, -0.05) is 23.7 Å². The zero-order valence-corrected chi connectivity index (χ0v) is 11.1. The molecule has 0 fully saturated rings. The molecule has 0 atom stereocenters. The number of halogens is 2. The third kappa shape index (κ3) is 3.32. The third-order valence-electron chi connectivity index (χ3n) is 2.67. The number of hydrogen-bond donors (Lipinski definition) is 0. The van der Waals surface area contributed by atoms with Gasteiger partial charge in [-0.05, 0) is 42.8 Å². The first-order valence-corrected chi connectivity index (χ1v) is 6.12. The minimum atomic E-state index is -0.539. The molecular formula is C15H12ClFO2. The molecule has 0 aliphatic rings. The first-order valence-electron chi connectivity index (χ1n) is 5.74. The first-order chi connectivity index (χ1) is 9.08. The minimum absolute atomic E-state index is 0.0354. The Hall–Kier alpha value is -1.87. The number of hydrogen-bond acceptors (Lipinski definition) is 2. The second-order valence-electron chi connectivity index (χ2n) is 4.10. The van der Waals surface area contributed by atoms with Gasteiger partial charge >= 0.3 is 0 Å². The molecule has 0 N–H and O–H groups in total. The number of Topliss-reactive ketones (excluding diaryl/α,β-unsaturated/α-hetero) is 1. The summed E-state index contributed by atoms with van der Waals surface area (Å²) in [4.78, 5) is 11.8. The summed E-state index contributed by atoms with van der Waals surface area (Å²) in [6.45, 7) is 1.63. The Morgan fingerprint density at radius 2 is 2.00 bits per heavy atom. The van der Waals surface area contributed by atoms with E-state index in [1.165, 1.54) is 18.2 Å². The molecule has 2 rings (SSSR count). The van der Waals surface area contributed by atoms with E-state index in [0.29, 0.717) is 10.8 Å². The van der Waals surface area contributed by atoms with E-state index in [1.807, 2.05) is 6.92 Å². The lowest BCUT2D eigenvalue weighted by molar-refractivity contribution is 0.0917. The Bertz CT molecular complexity index is 611. The number of carbonyl (C=O) groups excluding carboxylic acids is 1. The van der Waals surface area contributed by atoms with E-state index in [-0.39, 0.29) is 12.2 Å². The lowest BCUT2D eigenvalue weighted by Crippen LogP contribution is -2.13. The highest BCUT2D eigenvalue weighted by atomic mass is 35.5. The van der Waals surface area contributed by atoms with Crippen molar-refractivity contribution in [3.8, 4) is 5.75 Å². The van der Waals surface area contributed by atoms with Crippen molar-refractivity contribution >= 4 is 17.4 Å². The van der Waals surface area contributed by atoms with Crippen LogP contribution in [-0.4, -0.2) is 12.4 Å². The van der Waals surface area contributed by atoms with Crippen LogP contribution in [0.2, 0.25) is 5.02 Å². The maximum absolute atomic E-state index is 13.4. The molecular weight excluding hydrogens is 267 g/mol.